The van der Waals surface area contributed by atoms with Gasteiger partial charge in [0.05, 0.1) is 0 Å². The summed E-state index contributed by atoms with van der Waals surface area (Å²) >= 11 is 0. The van der Waals surface area contributed by atoms with Crippen LogP contribution in [0.1, 0.15) is 11.1 Å². The van der Waals surface area contributed by atoms with Gasteiger partial charge >= 0.3 is 0 Å². The van der Waals surface area contributed by atoms with E-state index in [0.29, 0.717) is 22.9 Å². The van der Waals surface area contributed by atoms with Crippen LogP contribution in [0.3, 0.4) is 0 Å². The van der Waals surface area contributed by atoms with Crippen LogP contribution in [-0.4, -0.2) is 27.0 Å². The molecule has 0 amide bonds. The van der Waals surface area contributed by atoms with Crippen LogP contribution in [-0.2, 0) is 0 Å². The lowest BCUT2D eigenvalue weighted by molar-refractivity contribution is 1.14. The van der Waals surface area contributed by atoms with Crippen molar-refractivity contribution in [3.8, 4) is 0 Å². The smallest absolute Gasteiger partial charge is 0.226 e. The highest BCUT2D eigenvalue weighted by Gasteiger charge is 2.09. The lowest BCUT2D eigenvalue weighted by Crippen LogP contribution is -2.04. The van der Waals surface area contributed by atoms with E-state index in [1.54, 1.807) is 19.4 Å². The number of hydrogen-bond acceptors (Lipinski definition) is 6. The van der Waals surface area contributed by atoms with Crippen molar-refractivity contribution in [2.45, 2.75) is 13.8 Å². The van der Waals surface area contributed by atoms with E-state index in [1.165, 1.54) is 11.1 Å². The molecule has 0 saturated carbocycles. The summed E-state index contributed by atoms with van der Waals surface area (Å²) in [6.07, 6.45) is 3.25. The average Bonchev–Trinajstić information content (AvgIpc) is 2.51. The van der Waals surface area contributed by atoms with Crippen molar-refractivity contribution in [3.05, 3.63) is 41.7 Å². The first kappa shape index (κ1) is 13.2. The van der Waals surface area contributed by atoms with Crippen LogP contribution in [0.25, 0.3) is 11.2 Å². The Hall–Kier alpha value is -2.76. The third-order valence-electron chi connectivity index (χ3n) is 3.33. The summed E-state index contributed by atoms with van der Waals surface area (Å²) in [5.41, 5.74) is 4.64. The number of benzene rings is 1. The van der Waals surface area contributed by atoms with Crippen molar-refractivity contribution in [2.75, 3.05) is 17.7 Å². The molecule has 6 heteroatoms. The molecule has 0 atom stereocenters. The van der Waals surface area contributed by atoms with E-state index in [4.69, 9.17) is 0 Å². The molecular formula is C15H16N6. The van der Waals surface area contributed by atoms with E-state index in [0.717, 1.165) is 5.69 Å². The van der Waals surface area contributed by atoms with Gasteiger partial charge in [-0.05, 0) is 37.1 Å². The minimum Gasteiger partial charge on any atom is -0.357 e. The minimum absolute atomic E-state index is 0.509. The monoisotopic (exact) mass is 280 g/mol. The Morgan fingerprint density at radius 2 is 1.76 bits per heavy atom. The van der Waals surface area contributed by atoms with Gasteiger partial charge in [-0.25, -0.2) is 9.97 Å². The van der Waals surface area contributed by atoms with Crippen LogP contribution in [0, 0.1) is 13.8 Å². The molecule has 3 aromatic rings. The van der Waals surface area contributed by atoms with Crippen molar-refractivity contribution >= 4 is 28.6 Å². The summed E-state index contributed by atoms with van der Waals surface area (Å²) < 4.78 is 0. The van der Waals surface area contributed by atoms with Gasteiger partial charge in [0.25, 0.3) is 0 Å². The molecule has 2 heterocycles. The zero-order valence-electron chi connectivity index (χ0n) is 12.2. The van der Waals surface area contributed by atoms with Gasteiger partial charge in [0.15, 0.2) is 17.0 Å². The van der Waals surface area contributed by atoms with Crippen LogP contribution in [0.4, 0.5) is 17.5 Å². The van der Waals surface area contributed by atoms with Gasteiger partial charge < -0.3 is 10.6 Å². The van der Waals surface area contributed by atoms with Gasteiger partial charge in [0.1, 0.15) is 0 Å². The number of fused-ring (bicyclic) bond motifs is 1. The maximum atomic E-state index is 4.43. The number of aryl methyl sites for hydroxylation is 2. The second kappa shape index (κ2) is 5.32. The van der Waals surface area contributed by atoms with Gasteiger partial charge in [0, 0.05) is 25.1 Å². The quantitative estimate of drug-likeness (QED) is 0.768. The highest BCUT2D eigenvalue weighted by molar-refractivity contribution is 5.85. The van der Waals surface area contributed by atoms with E-state index in [1.807, 2.05) is 6.07 Å². The third-order valence-corrected chi connectivity index (χ3v) is 3.33. The van der Waals surface area contributed by atoms with Crippen molar-refractivity contribution in [1.29, 1.82) is 0 Å². The van der Waals surface area contributed by atoms with Crippen LogP contribution in [0.5, 0.6) is 0 Å². The fourth-order valence-corrected chi connectivity index (χ4v) is 2.02. The normalized spacial score (nSPS) is 10.6. The molecule has 0 bridgehead atoms. The molecule has 2 N–H and O–H groups in total. The summed E-state index contributed by atoms with van der Waals surface area (Å²) in [7, 11) is 1.78. The second-order valence-electron chi connectivity index (χ2n) is 4.80. The summed E-state index contributed by atoms with van der Waals surface area (Å²) in [5, 5.41) is 6.23. The number of rotatable bonds is 3. The minimum atomic E-state index is 0.509. The second-order valence-corrected chi connectivity index (χ2v) is 4.80. The summed E-state index contributed by atoms with van der Waals surface area (Å²) in [6.45, 7) is 4.17. The Bertz CT molecular complexity index is 799. The first-order chi connectivity index (χ1) is 10.2. The number of nitrogens with one attached hydrogen (secondary N) is 2. The topological polar surface area (TPSA) is 75.6 Å². The van der Waals surface area contributed by atoms with E-state index < -0.39 is 0 Å². The number of nitrogens with zero attached hydrogens (tertiary/aromatic N) is 4. The molecule has 0 radical (unpaired) electrons. The molecule has 0 unspecified atom stereocenters. The van der Waals surface area contributed by atoms with Crippen LogP contribution in [0.15, 0.2) is 30.6 Å². The maximum absolute atomic E-state index is 4.43. The van der Waals surface area contributed by atoms with E-state index in [-0.39, 0.29) is 0 Å². The van der Waals surface area contributed by atoms with Gasteiger partial charge in [-0.1, -0.05) is 6.07 Å². The summed E-state index contributed by atoms with van der Waals surface area (Å²) in [4.78, 5) is 17.3. The Labute approximate surface area is 122 Å². The first-order valence-electron chi connectivity index (χ1n) is 6.68. The Morgan fingerprint density at radius 1 is 0.952 bits per heavy atom. The molecule has 106 valence electrons. The Balaban J connectivity index is 2.08. The molecular weight excluding hydrogens is 264 g/mol. The molecule has 0 aliphatic carbocycles. The molecule has 21 heavy (non-hydrogen) atoms. The fraction of sp³-hybridized carbons (Fsp3) is 0.200. The summed E-state index contributed by atoms with van der Waals surface area (Å²) in [6, 6.07) is 6.18. The molecule has 1 aromatic carbocycles. The Morgan fingerprint density at radius 3 is 2.52 bits per heavy atom. The van der Waals surface area contributed by atoms with E-state index in [2.05, 4.69) is 56.5 Å². The molecule has 0 fully saturated rings. The molecule has 6 nitrogen and oxygen atoms in total. The van der Waals surface area contributed by atoms with Gasteiger partial charge in [-0.15, -0.1) is 0 Å². The number of anilines is 3. The van der Waals surface area contributed by atoms with Crippen LogP contribution >= 0.6 is 0 Å². The van der Waals surface area contributed by atoms with Crippen molar-refractivity contribution in [3.63, 3.8) is 0 Å². The predicted octanol–water partition coefficient (Wildman–Crippen LogP) is 2.82. The average molecular weight is 280 g/mol. The zero-order valence-corrected chi connectivity index (χ0v) is 12.2. The largest absolute Gasteiger partial charge is 0.357 e. The number of aromatic nitrogens is 4. The molecule has 2 aromatic heterocycles. The molecule has 3 rings (SSSR count). The molecule has 0 aliphatic rings. The maximum Gasteiger partial charge on any atom is 0.226 e. The van der Waals surface area contributed by atoms with Gasteiger partial charge in [0.2, 0.25) is 5.95 Å². The zero-order chi connectivity index (χ0) is 14.8. The van der Waals surface area contributed by atoms with Crippen LogP contribution < -0.4 is 10.6 Å². The van der Waals surface area contributed by atoms with Gasteiger partial charge in [-0.3, -0.25) is 0 Å². The molecule has 0 aliphatic heterocycles. The highest BCUT2D eigenvalue weighted by Crippen LogP contribution is 2.23. The Kier molecular flexibility index (Phi) is 3.35. The van der Waals surface area contributed by atoms with E-state index in [9.17, 15) is 0 Å². The summed E-state index contributed by atoms with van der Waals surface area (Å²) in [5.74, 6) is 1.15. The first-order valence-corrected chi connectivity index (χ1v) is 6.68. The van der Waals surface area contributed by atoms with Crippen molar-refractivity contribution in [2.24, 2.45) is 0 Å². The van der Waals surface area contributed by atoms with Gasteiger partial charge in [-0.2, -0.15) is 9.97 Å². The fourth-order valence-electron chi connectivity index (χ4n) is 2.02. The predicted molar refractivity (Wildman–Crippen MR) is 83.9 cm³/mol. The highest BCUT2D eigenvalue weighted by atomic mass is 15.2. The number of hydrogen-bond donors (Lipinski definition) is 2. The SMILES string of the molecule is CNc1nc(Nc2ccc(C)c(C)c2)c2nccnc2n1. The van der Waals surface area contributed by atoms with Crippen LogP contribution in [0.2, 0.25) is 0 Å². The standard InChI is InChI=1S/C15H16N6/c1-9-4-5-11(8-10(9)2)19-14-12-13(18-7-6-17-12)20-15(16-3)21-14/h4-8H,1-3H3,(H2,16,18,19,20,21). The molecule has 0 saturated heterocycles. The van der Waals surface area contributed by atoms with E-state index >= 15 is 0 Å². The third kappa shape index (κ3) is 2.60. The lowest BCUT2D eigenvalue weighted by atomic mass is 10.1. The molecule has 0 spiro atoms. The van der Waals surface area contributed by atoms with Crippen molar-refractivity contribution < 1.29 is 0 Å². The van der Waals surface area contributed by atoms with Crippen molar-refractivity contribution in [1.82, 2.24) is 19.9 Å². The lowest BCUT2D eigenvalue weighted by Gasteiger charge is -2.10.